The van der Waals surface area contributed by atoms with Gasteiger partial charge in [0.05, 0.1) is 6.61 Å². The second-order valence-corrected chi connectivity index (χ2v) is 8.42. The number of carbonyl (C=O) groups excluding carboxylic acids is 2. The van der Waals surface area contributed by atoms with Crippen LogP contribution in [0.25, 0.3) is 10.9 Å². The molecule has 4 rings (SSSR count). The summed E-state index contributed by atoms with van der Waals surface area (Å²) in [5.74, 6) is 0.949. The van der Waals surface area contributed by atoms with Gasteiger partial charge in [-0.25, -0.2) is 4.98 Å². The van der Waals surface area contributed by atoms with Crippen LogP contribution in [0.3, 0.4) is 0 Å². The lowest BCUT2D eigenvalue weighted by Crippen LogP contribution is -2.38. The molecule has 0 saturated carbocycles. The first-order valence-electron chi connectivity index (χ1n) is 11.7. The molecular formula is C25H31N5O3. The number of fused-ring (bicyclic) bond motifs is 1. The number of likely N-dealkylation sites (tertiary alicyclic amines) is 1. The Bertz CT molecular complexity index is 1060. The van der Waals surface area contributed by atoms with E-state index in [4.69, 9.17) is 4.74 Å². The molecule has 0 radical (unpaired) electrons. The van der Waals surface area contributed by atoms with E-state index in [2.05, 4.69) is 20.3 Å². The molecule has 0 unspecified atom stereocenters. The van der Waals surface area contributed by atoms with E-state index in [-0.39, 0.29) is 11.8 Å². The number of aromatic amines is 1. The second-order valence-electron chi connectivity index (χ2n) is 8.42. The Morgan fingerprint density at radius 3 is 2.85 bits per heavy atom. The Labute approximate surface area is 193 Å². The van der Waals surface area contributed by atoms with Gasteiger partial charge >= 0.3 is 0 Å². The van der Waals surface area contributed by atoms with Crippen molar-refractivity contribution in [1.82, 2.24) is 25.2 Å². The van der Waals surface area contributed by atoms with E-state index < -0.39 is 0 Å². The number of ether oxygens (including phenoxy) is 1. The molecule has 8 nitrogen and oxygen atoms in total. The highest BCUT2D eigenvalue weighted by molar-refractivity contribution is 5.98. The van der Waals surface area contributed by atoms with Crippen LogP contribution in [0.1, 0.15) is 59.9 Å². The summed E-state index contributed by atoms with van der Waals surface area (Å²) in [6.45, 7) is 4.55. The van der Waals surface area contributed by atoms with E-state index >= 15 is 0 Å². The van der Waals surface area contributed by atoms with Gasteiger partial charge in [-0.05, 0) is 56.4 Å². The number of piperidine rings is 1. The lowest BCUT2D eigenvalue weighted by Gasteiger charge is -2.32. The van der Waals surface area contributed by atoms with Gasteiger partial charge in [-0.2, -0.15) is 0 Å². The topological polar surface area (TPSA) is 100 Å². The van der Waals surface area contributed by atoms with E-state index in [0.717, 1.165) is 56.1 Å². The molecule has 0 spiro atoms. The number of hydrogen-bond donors (Lipinski definition) is 2. The highest BCUT2D eigenvalue weighted by atomic mass is 16.5. The third-order valence-corrected chi connectivity index (χ3v) is 6.17. The number of nitrogens with zero attached hydrogens (tertiary/aromatic N) is 3. The van der Waals surface area contributed by atoms with Crippen molar-refractivity contribution < 1.29 is 14.3 Å². The van der Waals surface area contributed by atoms with Crippen LogP contribution in [0.15, 0.2) is 42.9 Å². The maximum Gasteiger partial charge on any atom is 0.267 e. The fourth-order valence-corrected chi connectivity index (χ4v) is 4.35. The van der Waals surface area contributed by atoms with Crippen LogP contribution in [0, 0.1) is 5.92 Å². The van der Waals surface area contributed by atoms with Crippen LogP contribution in [-0.4, -0.2) is 57.9 Å². The Hall–Kier alpha value is -3.42. The molecule has 33 heavy (non-hydrogen) atoms. The van der Waals surface area contributed by atoms with Crippen LogP contribution < -0.4 is 10.1 Å². The Kier molecular flexibility index (Phi) is 7.55. The first-order chi connectivity index (χ1) is 16.2. The van der Waals surface area contributed by atoms with Gasteiger partial charge in [0, 0.05) is 49.1 Å². The largest absolute Gasteiger partial charge is 0.477 e. The van der Waals surface area contributed by atoms with E-state index in [1.165, 1.54) is 0 Å². The van der Waals surface area contributed by atoms with Gasteiger partial charge in [0.25, 0.3) is 11.8 Å². The Morgan fingerprint density at radius 2 is 2.06 bits per heavy atom. The number of rotatable bonds is 9. The minimum atomic E-state index is -0.0835. The zero-order valence-corrected chi connectivity index (χ0v) is 19.0. The summed E-state index contributed by atoms with van der Waals surface area (Å²) < 4.78 is 5.51. The van der Waals surface area contributed by atoms with Gasteiger partial charge in [0.1, 0.15) is 11.3 Å². The quantitative estimate of drug-likeness (QED) is 0.484. The number of nitrogens with one attached hydrogen (secondary N) is 2. The summed E-state index contributed by atoms with van der Waals surface area (Å²) in [7, 11) is 0. The molecule has 174 valence electrons. The fraction of sp³-hybridized carbons (Fsp3) is 0.440. The number of amides is 2. The summed E-state index contributed by atoms with van der Waals surface area (Å²) in [4.78, 5) is 38.6. The Morgan fingerprint density at radius 1 is 1.21 bits per heavy atom. The van der Waals surface area contributed by atoms with Crippen molar-refractivity contribution in [3.8, 4) is 5.88 Å². The summed E-state index contributed by atoms with van der Waals surface area (Å²) in [6.07, 6.45) is 10.2. The average Bonchev–Trinajstić information content (AvgIpc) is 3.29. The van der Waals surface area contributed by atoms with Crippen molar-refractivity contribution in [2.75, 3.05) is 26.2 Å². The van der Waals surface area contributed by atoms with Crippen LogP contribution in [-0.2, 0) is 0 Å². The van der Waals surface area contributed by atoms with E-state index in [1.807, 2.05) is 24.0 Å². The molecule has 2 N–H and O–H groups in total. The van der Waals surface area contributed by atoms with E-state index in [9.17, 15) is 9.59 Å². The Balaban J connectivity index is 1.15. The molecular weight excluding hydrogens is 418 g/mol. The number of hydrogen-bond acceptors (Lipinski definition) is 5. The van der Waals surface area contributed by atoms with Gasteiger partial charge in [-0.3, -0.25) is 14.6 Å². The number of pyridine rings is 2. The first kappa shape index (κ1) is 22.8. The highest BCUT2D eigenvalue weighted by Gasteiger charge is 2.25. The van der Waals surface area contributed by atoms with Crippen molar-refractivity contribution in [3.05, 3.63) is 54.1 Å². The molecule has 0 aromatic carbocycles. The van der Waals surface area contributed by atoms with Crippen LogP contribution in [0.5, 0.6) is 5.88 Å². The molecule has 4 heterocycles. The first-order valence-corrected chi connectivity index (χ1v) is 11.7. The standard InChI is InChI=1S/C25H31N5O3/c1-2-33-24-20(7-5-12-28-24)25(32)30-14-9-18(10-15-30)6-3-4-11-27-23(31)22-16-19-17-26-13-8-21(19)29-22/h5,7-8,12-13,16-18,29H,2-4,6,9-11,14-15H2,1H3,(H,27,31). The van der Waals surface area contributed by atoms with Crippen LogP contribution in [0.4, 0.5) is 0 Å². The van der Waals surface area contributed by atoms with E-state index in [1.54, 1.807) is 30.7 Å². The summed E-state index contributed by atoms with van der Waals surface area (Å²) in [5.41, 5.74) is 2.02. The van der Waals surface area contributed by atoms with Gasteiger partial charge < -0.3 is 19.9 Å². The number of aromatic nitrogens is 3. The monoisotopic (exact) mass is 449 g/mol. The maximum atomic E-state index is 12.9. The fourth-order valence-electron chi connectivity index (χ4n) is 4.35. The normalized spacial score (nSPS) is 14.4. The minimum Gasteiger partial charge on any atom is -0.477 e. The van der Waals surface area contributed by atoms with Crippen molar-refractivity contribution in [1.29, 1.82) is 0 Å². The summed E-state index contributed by atoms with van der Waals surface area (Å²) >= 11 is 0. The molecule has 0 atom stereocenters. The van der Waals surface area contributed by atoms with Gasteiger partial charge in [-0.1, -0.05) is 12.8 Å². The SMILES string of the molecule is CCOc1ncccc1C(=O)N1CCC(CCCCNC(=O)c2cc3cnccc3[nH]2)CC1. The molecule has 1 saturated heterocycles. The molecule has 0 bridgehead atoms. The zero-order valence-electron chi connectivity index (χ0n) is 19.0. The van der Waals surface area contributed by atoms with Crippen LogP contribution >= 0.6 is 0 Å². The van der Waals surface area contributed by atoms with Crippen molar-refractivity contribution >= 4 is 22.7 Å². The molecule has 8 heteroatoms. The van der Waals surface area contributed by atoms with E-state index in [0.29, 0.717) is 36.2 Å². The smallest absolute Gasteiger partial charge is 0.267 e. The van der Waals surface area contributed by atoms with Crippen molar-refractivity contribution in [3.63, 3.8) is 0 Å². The molecule has 0 aliphatic carbocycles. The molecule has 3 aromatic rings. The maximum absolute atomic E-state index is 12.9. The van der Waals surface area contributed by atoms with Gasteiger partial charge in [0.15, 0.2) is 0 Å². The molecule has 1 aliphatic heterocycles. The second kappa shape index (κ2) is 10.9. The molecule has 1 aliphatic rings. The number of carbonyl (C=O) groups is 2. The van der Waals surface area contributed by atoms with Gasteiger partial charge in [0.2, 0.25) is 5.88 Å². The summed E-state index contributed by atoms with van der Waals surface area (Å²) in [6, 6.07) is 7.25. The lowest BCUT2D eigenvalue weighted by molar-refractivity contribution is 0.0680. The zero-order chi connectivity index (χ0) is 23.0. The van der Waals surface area contributed by atoms with Crippen LogP contribution in [0.2, 0.25) is 0 Å². The summed E-state index contributed by atoms with van der Waals surface area (Å²) in [5, 5.41) is 3.93. The molecule has 3 aromatic heterocycles. The minimum absolute atomic E-state index is 0.000436. The van der Waals surface area contributed by atoms with Crippen molar-refractivity contribution in [2.45, 2.75) is 39.0 Å². The number of unbranched alkanes of at least 4 members (excludes halogenated alkanes) is 1. The third kappa shape index (κ3) is 5.69. The molecule has 2 amide bonds. The lowest BCUT2D eigenvalue weighted by atomic mass is 9.91. The average molecular weight is 450 g/mol. The molecule has 1 fully saturated rings. The van der Waals surface area contributed by atoms with Crippen molar-refractivity contribution in [2.24, 2.45) is 5.92 Å². The number of H-pyrrole nitrogens is 1. The third-order valence-electron chi connectivity index (χ3n) is 6.17. The highest BCUT2D eigenvalue weighted by Crippen LogP contribution is 2.25. The predicted molar refractivity (Wildman–Crippen MR) is 126 cm³/mol. The predicted octanol–water partition coefficient (Wildman–Crippen LogP) is 3.81. The van der Waals surface area contributed by atoms with Gasteiger partial charge in [-0.15, -0.1) is 0 Å².